The van der Waals surface area contributed by atoms with E-state index < -0.39 is 23.5 Å². The second kappa shape index (κ2) is 3.94. The Morgan fingerprint density at radius 1 is 1.50 bits per heavy atom. The van der Waals surface area contributed by atoms with Crippen LogP contribution in [0.4, 0.5) is 25.0 Å². The zero-order valence-electron chi connectivity index (χ0n) is 9.37. The van der Waals surface area contributed by atoms with Gasteiger partial charge in [0, 0.05) is 12.2 Å². The molecule has 2 amide bonds. The largest absolute Gasteiger partial charge is 0.530 e. The monoisotopic (exact) mass is 255 g/mol. The Labute approximate surface area is 101 Å². The van der Waals surface area contributed by atoms with E-state index in [2.05, 4.69) is 0 Å². The second-order valence-corrected chi connectivity index (χ2v) is 3.77. The minimum atomic E-state index is -3.63. The van der Waals surface area contributed by atoms with Crippen molar-refractivity contribution in [2.75, 3.05) is 16.8 Å². The van der Waals surface area contributed by atoms with Crippen molar-refractivity contribution in [2.45, 2.75) is 12.8 Å². The molecule has 0 fully saturated rings. The van der Waals surface area contributed by atoms with E-state index in [1.807, 2.05) is 5.32 Å². The molecule has 0 saturated carbocycles. The lowest BCUT2D eigenvalue weighted by Crippen LogP contribution is -2.34. The fourth-order valence-electron chi connectivity index (χ4n) is 1.93. The van der Waals surface area contributed by atoms with Gasteiger partial charge in [0.15, 0.2) is 0 Å². The third-order valence-corrected chi connectivity index (χ3v) is 2.70. The molecular weight excluding hydrogens is 246 g/mol. The van der Waals surface area contributed by atoms with E-state index in [4.69, 9.17) is 0 Å². The molecule has 18 heavy (non-hydrogen) atoms. The molecule has 1 N–H and O–H groups in total. The van der Waals surface area contributed by atoms with Crippen molar-refractivity contribution in [1.82, 2.24) is 0 Å². The topological polar surface area (TPSA) is 72.5 Å². The minimum absolute atomic E-state index is 0.0563. The number of hydrogen-bond donors (Lipinski definition) is 1. The average Bonchev–Trinajstić information content (AvgIpc) is 2.47. The first-order chi connectivity index (χ1) is 8.37. The molecule has 0 saturated heterocycles. The minimum Gasteiger partial charge on any atom is -0.530 e. The maximum Gasteiger partial charge on any atom is 0.352 e. The van der Waals surface area contributed by atoms with Gasteiger partial charge in [-0.2, -0.15) is 8.78 Å². The number of halogens is 2. The SMILES string of the molecule is CCN1C(=O)C(F)(F)c2cc(NC(=O)[O-])ccc21. The molecule has 1 aromatic rings. The van der Waals surface area contributed by atoms with Crippen molar-refractivity contribution in [3.05, 3.63) is 23.8 Å². The van der Waals surface area contributed by atoms with Gasteiger partial charge in [-0.15, -0.1) is 0 Å². The lowest BCUT2D eigenvalue weighted by atomic mass is 10.1. The molecule has 1 aromatic carbocycles. The zero-order chi connectivity index (χ0) is 13.5. The Kier molecular flexibility index (Phi) is 2.68. The number of carbonyl (C=O) groups excluding carboxylic acids is 2. The number of carbonyl (C=O) groups is 2. The number of rotatable bonds is 2. The highest BCUT2D eigenvalue weighted by Crippen LogP contribution is 2.44. The molecule has 0 aliphatic carbocycles. The van der Waals surface area contributed by atoms with Crippen LogP contribution in [0.1, 0.15) is 12.5 Å². The molecule has 0 radical (unpaired) electrons. The number of anilines is 2. The third kappa shape index (κ3) is 1.68. The summed E-state index contributed by atoms with van der Waals surface area (Å²) in [7, 11) is 0. The van der Waals surface area contributed by atoms with Gasteiger partial charge in [-0.3, -0.25) is 4.79 Å². The molecule has 0 atom stereocenters. The van der Waals surface area contributed by atoms with Gasteiger partial charge >= 0.3 is 11.8 Å². The lowest BCUT2D eigenvalue weighted by molar-refractivity contribution is -0.242. The number of nitrogens with one attached hydrogen (secondary N) is 1. The number of nitrogens with zero attached hydrogens (tertiary/aromatic N) is 1. The quantitative estimate of drug-likeness (QED) is 0.853. The van der Waals surface area contributed by atoms with E-state index in [-0.39, 0.29) is 17.9 Å². The van der Waals surface area contributed by atoms with Crippen LogP contribution >= 0.6 is 0 Å². The fraction of sp³-hybridized carbons (Fsp3) is 0.273. The van der Waals surface area contributed by atoms with E-state index >= 15 is 0 Å². The standard InChI is InChI=1S/C11H10F2N2O3/c1-2-15-8-4-3-6(14-10(17)18)5-7(8)11(12,13)9(15)16/h3-5,14H,2H2,1H3,(H,17,18)/p-1. The smallest absolute Gasteiger partial charge is 0.352 e. The summed E-state index contributed by atoms with van der Waals surface area (Å²) < 4.78 is 27.4. The molecule has 1 aliphatic heterocycles. The highest BCUT2D eigenvalue weighted by molar-refractivity contribution is 6.06. The highest BCUT2D eigenvalue weighted by Gasteiger charge is 2.52. The average molecular weight is 255 g/mol. The first-order valence-corrected chi connectivity index (χ1v) is 5.20. The number of hydrogen-bond acceptors (Lipinski definition) is 3. The van der Waals surface area contributed by atoms with Gasteiger partial charge in [-0.05, 0) is 25.1 Å². The molecule has 0 spiro atoms. The van der Waals surface area contributed by atoms with Crippen LogP contribution in [0.2, 0.25) is 0 Å². The van der Waals surface area contributed by atoms with Crippen molar-refractivity contribution >= 4 is 23.4 Å². The summed E-state index contributed by atoms with van der Waals surface area (Å²) in [5.41, 5.74) is -0.462. The van der Waals surface area contributed by atoms with Crippen LogP contribution < -0.4 is 15.3 Å². The summed E-state index contributed by atoms with van der Waals surface area (Å²) >= 11 is 0. The van der Waals surface area contributed by atoms with E-state index in [0.29, 0.717) is 0 Å². The number of amides is 2. The molecule has 1 heterocycles. The summed E-state index contributed by atoms with van der Waals surface area (Å²) in [4.78, 5) is 22.8. The maximum atomic E-state index is 13.7. The maximum absolute atomic E-state index is 13.7. The van der Waals surface area contributed by atoms with Crippen molar-refractivity contribution in [3.8, 4) is 0 Å². The lowest BCUT2D eigenvalue weighted by Gasteiger charge is -2.14. The normalized spacial score (nSPS) is 16.6. The zero-order valence-corrected chi connectivity index (χ0v) is 9.37. The molecule has 1 aliphatic rings. The molecule has 0 bridgehead atoms. The fourth-order valence-corrected chi connectivity index (χ4v) is 1.93. The van der Waals surface area contributed by atoms with Crippen molar-refractivity contribution in [1.29, 1.82) is 0 Å². The second-order valence-electron chi connectivity index (χ2n) is 3.77. The van der Waals surface area contributed by atoms with Gasteiger partial charge in [0.25, 0.3) is 0 Å². The number of benzene rings is 1. The molecule has 5 nitrogen and oxygen atoms in total. The van der Waals surface area contributed by atoms with E-state index in [0.717, 1.165) is 11.0 Å². The number of carboxylic acid groups (broad SMARTS) is 1. The van der Waals surface area contributed by atoms with Crippen LogP contribution in [0.5, 0.6) is 0 Å². The number of alkyl halides is 2. The van der Waals surface area contributed by atoms with Gasteiger partial charge in [0.2, 0.25) is 0 Å². The Balaban J connectivity index is 2.50. The van der Waals surface area contributed by atoms with E-state index in [1.54, 1.807) is 6.92 Å². The highest BCUT2D eigenvalue weighted by atomic mass is 19.3. The molecular formula is C11H9F2N2O3-. The van der Waals surface area contributed by atoms with E-state index in [1.165, 1.54) is 12.1 Å². The van der Waals surface area contributed by atoms with Crippen LogP contribution in [-0.2, 0) is 10.7 Å². The van der Waals surface area contributed by atoms with Crippen molar-refractivity contribution < 1.29 is 23.5 Å². The molecule has 2 rings (SSSR count). The van der Waals surface area contributed by atoms with E-state index in [9.17, 15) is 23.5 Å². The van der Waals surface area contributed by atoms with Gasteiger partial charge in [-0.25, -0.2) is 0 Å². The summed E-state index contributed by atoms with van der Waals surface area (Å²) in [6.45, 7) is 1.70. The molecule has 0 aromatic heterocycles. The predicted molar refractivity (Wildman–Crippen MR) is 57.4 cm³/mol. The van der Waals surface area contributed by atoms with Crippen LogP contribution in [0.3, 0.4) is 0 Å². The first-order valence-electron chi connectivity index (χ1n) is 5.20. The van der Waals surface area contributed by atoms with Crippen LogP contribution in [-0.4, -0.2) is 18.5 Å². The van der Waals surface area contributed by atoms with Crippen molar-refractivity contribution in [2.24, 2.45) is 0 Å². The molecule has 96 valence electrons. The summed E-state index contributed by atoms with van der Waals surface area (Å²) in [5, 5.41) is 12.2. The molecule has 0 unspecified atom stereocenters. The summed E-state index contributed by atoms with van der Waals surface area (Å²) in [5.74, 6) is -4.93. The Morgan fingerprint density at radius 3 is 2.72 bits per heavy atom. The number of likely N-dealkylation sites (N-methyl/N-ethyl adjacent to an activating group) is 1. The predicted octanol–water partition coefficient (Wildman–Crippen LogP) is 0.900. The van der Waals surface area contributed by atoms with Crippen LogP contribution in [0.25, 0.3) is 0 Å². The number of fused-ring (bicyclic) bond motifs is 1. The van der Waals surface area contributed by atoms with Crippen molar-refractivity contribution in [3.63, 3.8) is 0 Å². The van der Waals surface area contributed by atoms with Crippen LogP contribution in [0, 0.1) is 0 Å². The van der Waals surface area contributed by atoms with Gasteiger partial charge in [0.1, 0.15) is 6.09 Å². The Morgan fingerprint density at radius 2 is 2.17 bits per heavy atom. The Hall–Kier alpha value is -2.18. The van der Waals surface area contributed by atoms with Gasteiger partial charge < -0.3 is 20.1 Å². The Bertz CT molecular complexity index is 531. The first kappa shape index (κ1) is 12.3. The van der Waals surface area contributed by atoms with Gasteiger partial charge in [0.05, 0.1) is 11.3 Å². The summed E-state index contributed by atoms with van der Waals surface area (Å²) in [6, 6.07) is 3.52. The van der Waals surface area contributed by atoms with Crippen LogP contribution in [0.15, 0.2) is 18.2 Å². The summed E-state index contributed by atoms with van der Waals surface area (Å²) in [6.07, 6.45) is -1.60. The third-order valence-electron chi connectivity index (χ3n) is 2.70. The van der Waals surface area contributed by atoms with Gasteiger partial charge in [-0.1, -0.05) is 0 Å². The molecule has 7 heteroatoms.